The number of likely N-dealkylation sites (tertiary alicyclic amines) is 1. The summed E-state index contributed by atoms with van der Waals surface area (Å²) in [4.78, 5) is 22.2. The highest BCUT2D eigenvalue weighted by Gasteiger charge is 2.26. The second-order valence-electron chi connectivity index (χ2n) is 8.65. The number of piperidine rings is 1. The molecule has 0 spiro atoms. The van der Waals surface area contributed by atoms with Gasteiger partial charge in [0.15, 0.2) is 0 Å². The lowest BCUT2D eigenvalue weighted by Crippen LogP contribution is -2.42. The summed E-state index contributed by atoms with van der Waals surface area (Å²) >= 11 is 0. The molecule has 5 nitrogen and oxygen atoms in total. The number of rotatable bonds is 5. The van der Waals surface area contributed by atoms with E-state index < -0.39 is 0 Å². The molecule has 4 rings (SSSR count). The van der Waals surface area contributed by atoms with Crippen molar-refractivity contribution in [1.29, 1.82) is 0 Å². The summed E-state index contributed by atoms with van der Waals surface area (Å²) < 4.78 is 0. The molecule has 1 unspecified atom stereocenters. The molecular weight excluding hydrogens is 360 g/mol. The SMILES string of the molecule is Cc1ccccc1C(CNC(=O)c1ccc2c(n1)N(C)CC2)N1CCC(C)CC1. The number of carbonyl (C=O) groups excluding carboxylic acids is 1. The topological polar surface area (TPSA) is 48.5 Å². The average Bonchev–Trinajstić information content (AvgIpc) is 3.10. The molecule has 1 N–H and O–H groups in total. The first-order valence-corrected chi connectivity index (χ1v) is 10.8. The van der Waals surface area contributed by atoms with E-state index in [9.17, 15) is 4.79 Å². The molecule has 0 radical (unpaired) electrons. The number of likely N-dealkylation sites (N-methyl/N-ethyl adjacent to an activating group) is 1. The van der Waals surface area contributed by atoms with Gasteiger partial charge in [0, 0.05) is 20.1 Å². The van der Waals surface area contributed by atoms with Gasteiger partial charge in [-0.2, -0.15) is 0 Å². The first-order chi connectivity index (χ1) is 14.0. The quantitative estimate of drug-likeness (QED) is 0.845. The minimum atomic E-state index is -0.0861. The number of hydrogen-bond acceptors (Lipinski definition) is 4. The summed E-state index contributed by atoms with van der Waals surface area (Å²) in [6.45, 7) is 8.23. The Morgan fingerprint density at radius 3 is 2.69 bits per heavy atom. The largest absolute Gasteiger partial charge is 0.359 e. The first-order valence-electron chi connectivity index (χ1n) is 10.8. The first kappa shape index (κ1) is 19.9. The standard InChI is InChI=1S/C24H32N4O/c1-17-10-14-28(15-11-17)22(20-7-5-4-6-18(20)2)16-25-24(29)21-9-8-19-12-13-27(3)23(19)26-21/h4-9,17,22H,10-16H2,1-3H3,(H,25,29). The molecule has 2 aliphatic rings. The molecule has 0 saturated carbocycles. The fraction of sp³-hybridized carbons (Fsp3) is 0.500. The van der Waals surface area contributed by atoms with Crippen LogP contribution in [-0.2, 0) is 6.42 Å². The normalized spacial score (nSPS) is 18.5. The van der Waals surface area contributed by atoms with Crippen LogP contribution in [0.15, 0.2) is 36.4 Å². The fourth-order valence-electron chi connectivity index (χ4n) is 4.54. The maximum absolute atomic E-state index is 12.9. The Balaban J connectivity index is 1.50. The van der Waals surface area contributed by atoms with Gasteiger partial charge in [0.2, 0.25) is 0 Å². The molecule has 29 heavy (non-hydrogen) atoms. The molecule has 1 amide bonds. The number of nitrogens with one attached hydrogen (secondary N) is 1. The molecule has 0 aliphatic carbocycles. The Bertz CT molecular complexity index is 873. The zero-order valence-corrected chi connectivity index (χ0v) is 17.8. The summed E-state index contributed by atoms with van der Waals surface area (Å²) in [6.07, 6.45) is 3.44. The number of hydrogen-bond donors (Lipinski definition) is 1. The molecule has 5 heteroatoms. The van der Waals surface area contributed by atoms with Crippen LogP contribution in [-0.4, -0.2) is 49.0 Å². The maximum Gasteiger partial charge on any atom is 0.270 e. The van der Waals surface area contributed by atoms with E-state index in [0.29, 0.717) is 12.2 Å². The van der Waals surface area contributed by atoms with Crippen LogP contribution in [0.4, 0.5) is 5.82 Å². The van der Waals surface area contributed by atoms with Gasteiger partial charge in [0.1, 0.15) is 11.5 Å². The number of fused-ring (bicyclic) bond motifs is 1. The number of carbonyl (C=O) groups is 1. The highest BCUT2D eigenvalue weighted by molar-refractivity contribution is 5.92. The minimum Gasteiger partial charge on any atom is -0.359 e. The summed E-state index contributed by atoms with van der Waals surface area (Å²) in [7, 11) is 2.03. The zero-order valence-electron chi connectivity index (χ0n) is 17.8. The third-order valence-corrected chi connectivity index (χ3v) is 6.53. The second kappa shape index (κ2) is 8.54. The Morgan fingerprint density at radius 1 is 1.17 bits per heavy atom. The monoisotopic (exact) mass is 392 g/mol. The van der Waals surface area contributed by atoms with Crippen LogP contribution in [0.25, 0.3) is 0 Å². The molecular formula is C24H32N4O. The van der Waals surface area contributed by atoms with Crippen molar-refractivity contribution in [2.24, 2.45) is 5.92 Å². The van der Waals surface area contributed by atoms with Gasteiger partial charge in [-0.15, -0.1) is 0 Å². The van der Waals surface area contributed by atoms with Gasteiger partial charge in [0.05, 0.1) is 6.04 Å². The molecule has 1 fully saturated rings. The maximum atomic E-state index is 12.9. The van der Waals surface area contributed by atoms with Gasteiger partial charge in [-0.3, -0.25) is 9.69 Å². The van der Waals surface area contributed by atoms with Gasteiger partial charge < -0.3 is 10.2 Å². The van der Waals surface area contributed by atoms with Crippen LogP contribution in [0.3, 0.4) is 0 Å². The number of anilines is 1. The van der Waals surface area contributed by atoms with Gasteiger partial charge in [-0.05, 0) is 68.0 Å². The van der Waals surface area contributed by atoms with Gasteiger partial charge >= 0.3 is 0 Å². The van der Waals surface area contributed by atoms with E-state index in [0.717, 1.165) is 37.8 Å². The van der Waals surface area contributed by atoms with Crippen LogP contribution in [0.1, 0.15) is 53.0 Å². The van der Waals surface area contributed by atoms with Crippen LogP contribution >= 0.6 is 0 Å². The number of benzene rings is 1. The van der Waals surface area contributed by atoms with Crippen LogP contribution in [0.5, 0.6) is 0 Å². The van der Waals surface area contributed by atoms with Crippen LogP contribution in [0, 0.1) is 12.8 Å². The number of nitrogens with zero attached hydrogens (tertiary/aromatic N) is 3. The molecule has 2 aliphatic heterocycles. The smallest absolute Gasteiger partial charge is 0.270 e. The van der Waals surface area contributed by atoms with Crippen molar-refractivity contribution >= 4 is 11.7 Å². The predicted molar refractivity (Wildman–Crippen MR) is 117 cm³/mol. The van der Waals surface area contributed by atoms with Gasteiger partial charge in [-0.1, -0.05) is 37.3 Å². The fourth-order valence-corrected chi connectivity index (χ4v) is 4.54. The predicted octanol–water partition coefficient (Wildman–Crippen LogP) is 3.59. The third kappa shape index (κ3) is 4.30. The van der Waals surface area contributed by atoms with Crippen molar-refractivity contribution in [3.8, 4) is 0 Å². The lowest BCUT2D eigenvalue weighted by Gasteiger charge is -2.37. The van der Waals surface area contributed by atoms with Crippen molar-refractivity contribution in [2.45, 2.75) is 39.2 Å². The highest BCUT2D eigenvalue weighted by Crippen LogP contribution is 2.28. The van der Waals surface area contributed by atoms with E-state index in [1.807, 2.05) is 19.2 Å². The molecule has 1 aromatic heterocycles. The Kier molecular flexibility index (Phi) is 5.86. The summed E-state index contributed by atoms with van der Waals surface area (Å²) in [6, 6.07) is 12.6. The molecule has 0 bridgehead atoms. The summed E-state index contributed by atoms with van der Waals surface area (Å²) in [5, 5.41) is 3.18. The van der Waals surface area contributed by atoms with E-state index in [4.69, 9.17) is 0 Å². The van der Waals surface area contributed by atoms with E-state index in [-0.39, 0.29) is 11.9 Å². The van der Waals surface area contributed by atoms with Gasteiger partial charge in [-0.25, -0.2) is 4.98 Å². The molecule has 2 aromatic rings. The minimum absolute atomic E-state index is 0.0861. The van der Waals surface area contributed by atoms with Gasteiger partial charge in [0.25, 0.3) is 5.91 Å². The lowest BCUT2D eigenvalue weighted by molar-refractivity contribution is 0.0908. The molecule has 154 valence electrons. The zero-order chi connectivity index (χ0) is 20.4. The lowest BCUT2D eigenvalue weighted by atomic mass is 9.94. The Labute approximate surface area is 174 Å². The van der Waals surface area contributed by atoms with E-state index in [2.05, 4.69) is 58.2 Å². The van der Waals surface area contributed by atoms with E-state index in [1.54, 1.807) is 0 Å². The van der Waals surface area contributed by atoms with Crippen LogP contribution in [0.2, 0.25) is 0 Å². The molecule has 3 heterocycles. The molecule has 1 aromatic carbocycles. The number of aromatic nitrogens is 1. The van der Waals surface area contributed by atoms with Crippen molar-refractivity contribution in [1.82, 2.24) is 15.2 Å². The van der Waals surface area contributed by atoms with Crippen molar-refractivity contribution in [2.75, 3.05) is 38.1 Å². The number of amides is 1. The van der Waals surface area contributed by atoms with Crippen molar-refractivity contribution < 1.29 is 4.79 Å². The van der Waals surface area contributed by atoms with Crippen molar-refractivity contribution in [3.63, 3.8) is 0 Å². The second-order valence-corrected chi connectivity index (χ2v) is 8.65. The third-order valence-electron chi connectivity index (χ3n) is 6.53. The average molecular weight is 393 g/mol. The van der Waals surface area contributed by atoms with Crippen LogP contribution < -0.4 is 10.2 Å². The molecule has 1 saturated heterocycles. The number of aryl methyl sites for hydroxylation is 1. The van der Waals surface area contributed by atoms with Crippen molar-refractivity contribution in [3.05, 3.63) is 58.8 Å². The van der Waals surface area contributed by atoms with E-state index in [1.165, 1.54) is 29.5 Å². The van der Waals surface area contributed by atoms with E-state index >= 15 is 0 Å². The Morgan fingerprint density at radius 2 is 1.93 bits per heavy atom. The summed E-state index contributed by atoms with van der Waals surface area (Å²) in [5.41, 5.74) is 4.32. The number of pyridine rings is 1. The highest BCUT2D eigenvalue weighted by atomic mass is 16.1. The summed E-state index contributed by atoms with van der Waals surface area (Å²) in [5.74, 6) is 1.64. The Hall–Kier alpha value is -2.40. The molecule has 1 atom stereocenters.